The zero-order chi connectivity index (χ0) is 23.2. The van der Waals surface area contributed by atoms with Gasteiger partial charge in [0.05, 0.1) is 19.6 Å². The molecular formula is C27H29NO5. The summed E-state index contributed by atoms with van der Waals surface area (Å²) in [7, 11) is 1.61. The fraction of sp³-hybridized carbons (Fsp3) is 0.333. The lowest BCUT2D eigenvalue weighted by molar-refractivity contribution is -0.149. The van der Waals surface area contributed by atoms with E-state index in [1.807, 2.05) is 49.4 Å². The first kappa shape index (κ1) is 22.6. The summed E-state index contributed by atoms with van der Waals surface area (Å²) in [5.74, 6) is 1.09. The molecule has 3 aromatic carbocycles. The number of esters is 1. The van der Waals surface area contributed by atoms with E-state index in [9.17, 15) is 9.59 Å². The Balaban J connectivity index is 1.43. The van der Waals surface area contributed by atoms with Crippen molar-refractivity contribution in [3.05, 3.63) is 71.8 Å². The molecule has 1 amide bonds. The second-order valence-electron chi connectivity index (χ2n) is 8.14. The highest BCUT2D eigenvalue weighted by molar-refractivity contribution is 5.94. The van der Waals surface area contributed by atoms with Crippen molar-refractivity contribution in [2.24, 2.45) is 5.92 Å². The zero-order valence-electron chi connectivity index (χ0n) is 19.1. The molecule has 0 unspecified atom stereocenters. The number of hydrogen-bond donors (Lipinski definition) is 0. The van der Waals surface area contributed by atoms with Gasteiger partial charge in [-0.1, -0.05) is 30.3 Å². The molecule has 172 valence electrons. The molecule has 0 saturated carbocycles. The maximum absolute atomic E-state index is 13.1. The van der Waals surface area contributed by atoms with E-state index < -0.39 is 0 Å². The molecule has 6 heteroatoms. The number of methoxy groups -OCH3 is 1. The average molecular weight is 448 g/mol. The van der Waals surface area contributed by atoms with Gasteiger partial charge < -0.3 is 19.1 Å². The van der Waals surface area contributed by atoms with E-state index in [2.05, 4.69) is 6.07 Å². The molecule has 0 bridgehead atoms. The number of nitrogens with zero attached hydrogens (tertiary/aromatic N) is 1. The lowest BCUT2D eigenvalue weighted by Crippen LogP contribution is -2.40. The van der Waals surface area contributed by atoms with Crippen LogP contribution in [0.5, 0.6) is 11.5 Å². The molecule has 0 aliphatic carbocycles. The van der Waals surface area contributed by atoms with Gasteiger partial charge in [-0.15, -0.1) is 0 Å². The number of benzene rings is 3. The highest BCUT2D eigenvalue weighted by atomic mass is 16.5. The number of hydrogen-bond acceptors (Lipinski definition) is 5. The molecule has 1 aliphatic rings. The maximum Gasteiger partial charge on any atom is 0.309 e. The van der Waals surface area contributed by atoms with Gasteiger partial charge >= 0.3 is 5.97 Å². The summed E-state index contributed by atoms with van der Waals surface area (Å²) in [5.41, 5.74) is 1.39. The Morgan fingerprint density at radius 3 is 2.45 bits per heavy atom. The minimum atomic E-state index is -0.165. The van der Waals surface area contributed by atoms with Crippen molar-refractivity contribution in [3.63, 3.8) is 0 Å². The molecule has 4 rings (SSSR count). The van der Waals surface area contributed by atoms with Gasteiger partial charge in [0.25, 0.3) is 5.91 Å². The first-order chi connectivity index (χ1) is 16.1. The van der Waals surface area contributed by atoms with Crippen LogP contribution in [0.15, 0.2) is 60.7 Å². The zero-order valence-corrected chi connectivity index (χ0v) is 19.1. The molecule has 1 heterocycles. The minimum absolute atomic E-state index is 0.0492. The van der Waals surface area contributed by atoms with Crippen molar-refractivity contribution in [2.75, 3.05) is 26.8 Å². The van der Waals surface area contributed by atoms with Crippen LogP contribution >= 0.6 is 0 Å². The van der Waals surface area contributed by atoms with E-state index in [1.165, 1.54) is 0 Å². The highest BCUT2D eigenvalue weighted by Gasteiger charge is 2.29. The molecule has 0 atom stereocenters. The fourth-order valence-corrected chi connectivity index (χ4v) is 4.20. The SMILES string of the molecule is CCOC(=O)C1CCN(C(=O)c2ccc(OC)c(COc3ccc4ccccc4c3)c2)CC1. The summed E-state index contributed by atoms with van der Waals surface area (Å²) in [6, 6.07) is 19.5. The third-order valence-electron chi connectivity index (χ3n) is 6.04. The maximum atomic E-state index is 13.1. The van der Waals surface area contributed by atoms with Crippen molar-refractivity contribution in [3.8, 4) is 11.5 Å². The number of likely N-dealkylation sites (tertiary alicyclic amines) is 1. The fourth-order valence-electron chi connectivity index (χ4n) is 4.20. The lowest BCUT2D eigenvalue weighted by Gasteiger charge is -2.31. The first-order valence-corrected chi connectivity index (χ1v) is 11.3. The predicted octanol–water partition coefficient (Wildman–Crippen LogP) is 4.84. The van der Waals surface area contributed by atoms with Crippen LogP contribution < -0.4 is 9.47 Å². The summed E-state index contributed by atoms with van der Waals surface area (Å²) in [6.45, 7) is 3.55. The minimum Gasteiger partial charge on any atom is -0.496 e. The van der Waals surface area contributed by atoms with Gasteiger partial charge in [0.1, 0.15) is 18.1 Å². The number of fused-ring (bicyclic) bond motifs is 1. The first-order valence-electron chi connectivity index (χ1n) is 11.3. The smallest absolute Gasteiger partial charge is 0.309 e. The largest absolute Gasteiger partial charge is 0.496 e. The quantitative estimate of drug-likeness (QED) is 0.485. The molecule has 3 aromatic rings. The average Bonchev–Trinajstić information content (AvgIpc) is 2.87. The van der Waals surface area contributed by atoms with Gasteiger partial charge in [-0.3, -0.25) is 9.59 Å². The van der Waals surface area contributed by atoms with Gasteiger partial charge in [0.2, 0.25) is 0 Å². The normalized spacial score (nSPS) is 14.2. The van der Waals surface area contributed by atoms with E-state index in [-0.39, 0.29) is 24.4 Å². The molecule has 0 aromatic heterocycles. The van der Waals surface area contributed by atoms with Crippen LogP contribution in [0.4, 0.5) is 0 Å². The number of rotatable bonds is 7. The summed E-state index contributed by atoms with van der Waals surface area (Å²) < 4.78 is 16.6. The molecule has 0 N–H and O–H groups in total. The molecule has 6 nitrogen and oxygen atoms in total. The van der Waals surface area contributed by atoms with Gasteiger partial charge in [-0.05, 0) is 60.9 Å². The Bertz CT molecular complexity index is 1130. The second kappa shape index (κ2) is 10.4. The van der Waals surface area contributed by atoms with Gasteiger partial charge in [0.15, 0.2) is 0 Å². The van der Waals surface area contributed by atoms with Crippen molar-refractivity contribution in [2.45, 2.75) is 26.4 Å². The Morgan fingerprint density at radius 1 is 0.970 bits per heavy atom. The van der Waals surface area contributed by atoms with Gasteiger partial charge in [-0.2, -0.15) is 0 Å². The molecular weight excluding hydrogens is 418 g/mol. The van der Waals surface area contributed by atoms with E-state index in [1.54, 1.807) is 24.1 Å². The van der Waals surface area contributed by atoms with Crippen LogP contribution in [0.25, 0.3) is 10.8 Å². The summed E-state index contributed by atoms with van der Waals surface area (Å²) in [4.78, 5) is 26.9. The standard InChI is InChI=1S/C27H29NO5/c1-3-32-27(30)20-12-14-28(15-13-20)26(29)22-9-11-25(31-2)23(16-22)18-33-24-10-8-19-6-4-5-7-21(19)17-24/h4-11,16-17,20H,3,12-15,18H2,1-2H3. The number of ether oxygens (including phenoxy) is 3. The van der Waals surface area contributed by atoms with Crippen molar-refractivity contribution in [1.29, 1.82) is 0 Å². The predicted molar refractivity (Wildman–Crippen MR) is 127 cm³/mol. The van der Waals surface area contributed by atoms with Crippen LogP contribution in [0.1, 0.15) is 35.7 Å². The van der Waals surface area contributed by atoms with E-state index in [0.29, 0.717) is 43.9 Å². The molecule has 1 aliphatic heterocycles. The van der Waals surface area contributed by atoms with Crippen molar-refractivity contribution >= 4 is 22.6 Å². The number of carbonyl (C=O) groups excluding carboxylic acids is 2. The third-order valence-corrected chi connectivity index (χ3v) is 6.04. The number of piperidine rings is 1. The molecule has 1 saturated heterocycles. The van der Waals surface area contributed by atoms with E-state index in [0.717, 1.165) is 22.1 Å². The van der Waals surface area contributed by atoms with Crippen LogP contribution in [0.3, 0.4) is 0 Å². The van der Waals surface area contributed by atoms with Crippen molar-refractivity contribution < 1.29 is 23.8 Å². The lowest BCUT2D eigenvalue weighted by atomic mass is 9.96. The highest BCUT2D eigenvalue weighted by Crippen LogP contribution is 2.26. The monoisotopic (exact) mass is 447 g/mol. The van der Waals surface area contributed by atoms with Crippen molar-refractivity contribution in [1.82, 2.24) is 4.90 Å². The van der Waals surface area contributed by atoms with Crippen LogP contribution in [-0.2, 0) is 16.1 Å². The van der Waals surface area contributed by atoms with Gasteiger partial charge in [-0.25, -0.2) is 0 Å². The Labute approximate surface area is 194 Å². The molecule has 1 fully saturated rings. The van der Waals surface area contributed by atoms with Gasteiger partial charge in [0, 0.05) is 24.2 Å². The Kier molecular flexibility index (Phi) is 7.13. The molecule has 33 heavy (non-hydrogen) atoms. The topological polar surface area (TPSA) is 65.1 Å². The summed E-state index contributed by atoms with van der Waals surface area (Å²) in [6.07, 6.45) is 1.25. The summed E-state index contributed by atoms with van der Waals surface area (Å²) >= 11 is 0. The van der Waals surface area contributed by atoms with Crippen LogP contribution in [0, 0.1) is 5.92 Å². The third kappa shape index (κ3) is 5.28. The summed E-state index contributed by atoms with van der Waals surface area (Å²) in [5, 5.41) is 2.26. The van der Waals surface area contributed by atoms with E-state index in [4.69, 9.17) is 14.2 Å². The van der Waals surface area contributed by atoms with Crippen LogP contribution in [-0.4, -0.2) is 43.6 Å². The molecule has 0 radical (unpaired) electrons. The Hall–Kier alpha value is -3.54. The second-order valence-corrected chi connectivity index (χ2v) is 8.14. The van der Waals surface area contributed by atoms with Crippen LogP contribution in [0.2, 0.25) is 0 Å². The number of amides is 1. The molecule has 0 spiro atoms. The number of carbonyl (C=O) groups is 2. The van der Waals surface area contributed by atoms with E-state index >= 15 is 0 Å². The Morgan fingerprint density at radius 2 is 1.73 bits per heavy atom.